The largest absolute Gasteiger partial charge is 0.337 e. The van der Waals surface area contributed by atoms with Crippen LogP contribution in [0.3, 0.4) is 0 Å². The lowest BCUT2D eigenvalue weighted by Crippen LogP contribution is -2.15. The van der Waals surface area contributed by atoms with Crippen LogP contribution in [0, 0.1) is 11.3 Å². The molecule has 0 aliphatic carbocycles. The van der Waals surface area contributed by atoms with E-state index in [9.17, 15) is 0 Å². The fourth-order valence-corrected chi connectivity index (χ4v) is 0.648. The summed E-state index contributed by atoms with van der Waals surface area (Å²) in [4.78, 5) is 3.74. The second-order valence-corrected chi connectivity index (χ2v) is 1.92. The molecular weight excluding hydrogens is 138 g/mol. The van der Waals surface area contributed by atoms with Crippen molar-refractivity contribution in [2.24, 2.45) is 4.99 Å². The molecule has 3 nitrogen and oxygen atoms in total. The Balaban J connectivity index is 2.69. The molecule has 0 saturated carbocycles. The monoisotopic (exact) mass is 141 g/mol. The summed E-state index contributed by atoms with van der Waals surface area (Å²) in [5.74, 6) is 0. The van der Waals surface area contributed by atoms with Gasteiger partial charge in [0, 0.05) is 0 Å². The minimum atomic E-state index is -0.418. The highest BCUT2D eigenvalue weighted by atomic mass is 35.5. The van der Waals surface area contributed by atoms with Crippen LogP contribution in [0.25, 0.3) is 0 Å². The number of nitrogens with one attached hydrogen (secondary N) is 1. The predicted molar refractivity (Wildman–Crippen MR) is 35.0 cm³/mol. The molecule has 0 radical (unpaired) electrons. The average Bonchev–Trinajstić information content (AvgIpc) is 1.88. The van der Waals surface area contributed by atoms with Crippen molar-refractivity contribution >= 4 is 17.9 Å². The average molecular weight is 142 g/mol. The fraction of sp³-hybridized carbons (Fsp3) is 0.200. The van der Waals surface area contributed by atoms with Crippen molar-refractivity contribution in [3.63, 3.8) is 0 Å². The minimum Gasteiger partial charge on any atom is -0.337 e. The summed E-state index contributed by atoms with van der Waals surface area (Å²) in [6.45, 7) is 0. The summed E-state index contributed by atoms with van der Waals surface area (Å²) in [7, 11) is 0. The summed E-state index contributed by atoms with van der Waals surface area (Å²) in [6.07, 6.45) is 2.96. The van der Waals surface area contributed by atoms with Gasteiger partial charge in [0.2, 0.25) is 0 Å². The maximum Gasteiger partial charge on any atom is 0.159 e. The molecule has 0 saturated heterocycles. The van der Waals surface area contributed by atoms with Gasteiger partial charge in [-0.25, -0.2) is 0 Å². The zero-order valence-corrected chi connectivity index (χ0v) is 5.26. The Hall–Kier alpha value is -1.01. The maximum absolute atomic E-state index is 8.31. The normalized spacial score (nSPS) is 24.0. The van der Waals surface area contributed by atoms with Gasteiger partial charge in [0.1, 0.15) is 5.16 Å². The molecule has 0 aromatic carbocycles. The van der Waals surface area contributed by atoms with Crippen molar-refractivity contribution in [2.45, 2.75) is 6.04 Å². The molecular formula is C5H4ClN3. The molecule has 4 heteroatoms. The van der Waals surface area contributed by atoms with Gasteiger partial charge in [-0.3, -0.25) is 4.99 Å². The molecule has 0 spiro atoms. The Bertz CT molecular complexity index is 201. The lowest BCUT2D eigenvalue weighted by Gasteiger charge is -2.04. The SMILES string of the molecule is N#CC1C=C(Cl)NC=N1. The molecule has 9 heavy (non-hydrogen) atoms. The van der Waals surface area contributed by atoms with Crippen molar-refractivity contribution in [3.05, 3.63) is 11.2 Å². The Kier molecular flexibility index (Phi) is 1.71. The van der Waals surface area contributed by atoms with E-state index in [2.05, 4.69) is 10.3 Å². The van der Waals surface area contributed by atoms with E-state index in [1.54, 1.807) is 6.08 Å². The zero-order chi connectivity index (χ0) is 6.69. The second kappa shape index (κ2) is 2.51. The number of aliphatic imine (C=N–C) groups is 1. The van der Waals surface area contributed by atoms with Crippen LogP contribution < -0.4 is 5.32 Å². The first-order valence-corrected chi connectivity index (χ1v) is 2.76. The number of hydrogen-bond donors (Lipinski definition) is 1. The van der Waals surface area contributed by atoms with Crippen LogP contribution in [-0.4, -0.2) is 12.4 Å². The Labute approximate surface area is 57.6 Å². The number of hydrogen-bond acceptors (Lipinski definition) is 3. The first-order chi connectivity index (χ1) is 4.33. The summed E-state index contributed by atoms with van der Waals surface area (Å²) >= 11 is 5.50. The Morgan fingerprint density at radius 1 is 1.89 bits per heavy atom. The van der Waals surface area contributed by atoms with Crippen LogP contribution >= 0.6 is 11.6 Å². The molecule has 0 amide bonds. The summed E-state index contributed by atoms with van der Waals surface area (Å²) < 4.78 is 0. The van der Waals surface area contributed by atoms with Crippen LogP contribution in [0.1, 0.15) is 0 Å². The fourth-order valence-electron chi connectivity index (χ4n) is 0.480. The molecule has 46 valence electrons. The number of rotatable bonds is 0. The van der Waals surface area contributed by atoms with E-state index in [4.69, 9.17) is 16.9 Å². The molecule has 0 fully saturated rings. The molecule has 1 N–H and O–H groups in total. The summed E-state index contributed by atoms with van der Waals surface area (Å²) in [5.41, 5.74) is 0. The molecule has 0 aromatic rings. The van der Waals surface area contributed by atoms with Crippen LogP contribution in [0.5, 0.6) is 0 Å². The molecule has 0 bridgehead atoms. The van der Waals surface area contributed by atoms with Crippen LogP contribution in [-0.2, 0) is 0 Å². The second-order valence-electron chi connectivity index (χ2n) is 1.51. The van der Waals surface area contributed by atoms with Crippen molar-refractivity contribution in [1.29, 1.82) is 5.26 Å². The summed E-state index contributed by atoms with van der Waals surface area (Å²) in [5, 5.41) is 11.4. The highest BCUT2D eigenvalue weighted by Crippen LogP contribution is 2.03. The van der Waals surface area contributed by atoms with Gasteiger partial charge < -0.3 is 5.32 Å². The number of halogens is 1. The number of nitriles is 1. The van der Waals surface area contributed by atoms with E-state index in [1.807, 2.05) is 6.07 Å². The van der Waals surface area contributed by atoms with E-state index < -0.39 is 6.04 Å². The van der Waals surface area contributed by atoms with Gasteiger partial charge in [-0.15, -0.1) is 0 Å². The van der Waals surface area contributed by atoms with E-state index in [1.165, 1.54) is 6.34 Å². The zero-order valence-electron chi connectivity index (χ0n) is 4.50. The van der Waals surface area contributed by atoms with Gasteiger partial charge in [0.25, 0.3) is 0 Å². The van der Waals surface area contributed by atoms with Crippen molar-refractivity contribution in [2.75, 3.05) is 0 Å². The van der Waals surface area contributed by atoms with Gasteiger partial charge in [-0.2, -0.15) is 5.26 Å². The van der Waals surface area contributed by atoms with Gasteiger partial charge in [-0.05, 0) is 6.08 Å². The van der Waals surface area contributed by atoms with E-state index in [0.717, 1.165) is 0 Å². The molecule has 1 heterocycles. The number of nitrogens with zero attached hydrogens (tertiary/aromatic N) is 2. The van der Waals surface area contributed by atoms with Crippen LogP contribution in [0.15, 0.2) is 16.2 Å². The first-order valence-electron chi connectivity index (χ1n) is 2.38. The van der Waals surface area contributed by atoms with Crippen molar-refractivity contribution in [1.82, 2.24) is 5.32 Å². The highest BCUT2D eigenvalue weighted by molar-refractivity contribution is 6.30. The third-order valence-electron chi connectivity index (χ3n) is 0.874. The van der Waals surface area contributed by atoms with E-state index in [-0.39, 0.29) is 0 Å². The van der Waals surface area contributed by atoms with Gasteiger partial charge in [-0.1, -0.05) is 11.6 Å². The standard InChI is InChI=1S/C5H4ClN3/c6-5-1-4(2-7)8-3-9-5/h1,3-4H,(H,8,9). The van der Waals surface area contributed by atoms with E-state index in [0.29, 0.717) is 5.16 Å². The topological polar surface area (TPSA) is 48.2 Å². The molecule has 1 unspecified atom stereocenters. The Morgan fingerprint density at radius 2 is 2.67 bits per heavy atom. The van der Waals surface area contributed by atoms with Gasteiger partial charge in [0.15, 0.2) is 6.04 Å². The lowest BCUT2D eigenvalue weighted by atomic mass is 10.3. The van der Waals surface area contributed by atoms with Crippen LogP contribution in [0.2, 0.25) is 0 Å². The van der Waals surface area contributed by atoms with Crippen molar-refractivity contribution < 1.29 is 0 Å². The van der Waals surface area contributed by atoms with Crippen LogP contribution in [0.4, 0.5) is 0 Å². The molecule has 0 aromatic heterocycles. The van der Waals surface area contributed by atoms with Gasteiger partial charge in [0.05, 0.1) is 12.4 Å². The molecule has 1 rings (SSSR count). The Morgan fingerprint density at radius 3 is 3.11 bits per heavy atom. The minimum absolute atomic E-state index is 0.418. The van der Waals surface area contributed by atoms with E-state index >= 15 is 0 Å². The molecule has 1 aliphatic rings. The smallest absolute Gasteiger partial charge is 0.159 e. The third kappa shape index (κ3) is 1.44. The highest BCUT2D eigenvalue weighted by Gasteiger charge is 2.04. The quantitative estimate of drug-likeness (QED) is 0.502. The predicted octanol–water partition coefficient (Wildman–Crippen LogP) is 0.590. The van der Waals surface area contributed by atoms with Crippen molar-refractivity contribution in [3.8, 4) is 6.07 Å². The third-order valence-corrected chi connectivity index (χ3v) is 1.11. The van der Waals surface area contributed by atoms with Gasteiger partial charge >= 0.3 is 0 Å². The first kappa shape index (κ1) is 6.12. The summed E-state index contributed by atoms with van der Waals surface area (Å²) in [6, 6.07) is 1.52. The molecule has 1 aliphatic heterocycles. The maximum atomic E-state index is 8.31. The lowest BCUT2D eigenvalue weighted by molar-refractivity contribution is 0.982. The molecule has 1 atom stereocenters.